The number of benzene rings is 1. The van der Waals surface area contributed by atoms with Gasteiger partial charge in [0.05, 0.1) is 5.56 Å². The maximum absolute atomic E-state index is 13.7. The number of likely N-dealkylation sites (tertiary alicyclic amines) is 1. The molecule has 1 saturated heterocycles. The molecule has 2 rings (SSSR count). The fourth-order valence-electron chi connectivity index (χ4n) is 2.37. The van der Waals surface area contributed by atoms with Crippen molar-refractivity contribution in [3.8, 4) is 0 Å². The van der Waals surface area contributed by atoms with E-state index in [1.54, 1.807) is 6.07 Å². The zero-order valence-electron chi connectivity index (χ0n) is 11.0. The third kappa shape index (κ3) is 4.01. The molecule has 1 amide bonds. The Labute approximate surface area is 121 Å². The lowest BCUT2D eigenvalue weighted by Crippen LogP contribution is -2.41. The molecular formula is C14H18BrFN2O. The lowest BCUT2D eigenvalue weighted by molar-refractivity contribution is 0.0928. The Bertz CT molecular complexity index is 461. The molecule has 1 heterocycles. The Balaban J connectivity index is 1.92. The van der Waals surface area contributed by atoms with Crippen LogP contribution >= 0.6 is 15.9 Å². The van der Waals surface area contributed by atoms with Crippen LogP contribution in [-0.2, 0) is 0 Å². The van der Waals surface area contributed by atoms with E-state index in [-0.39, 0.29) is 17.5 Å². The van der Waals surface area contributed by atoms with Crippen LogP contribution in [0.15, 0.2) is 22.7 Å². The van der Waals surface area contributed by atoms with E-state index in [4.69, 9.17) is 0 Å². The summed E-state index contributed by atoms with van der Waals surface area (Å²) in [6.45, 7) is 4.95. The molecule has 1 fully saturated rings. The first-order valence-corrected chi connectivity index (χ1v) is 7.34. The van der Waals surface area contributed by atoms with Crippen LogP contribution in [0, 0.1) is 5.82 Å². The fourth-order valence-corrected chi connectivity index (χ4v) is 2.71. The monoisotopic (exact) mass is 328 g/mol. The Morgan fingerprint density at radius 3 is 2.79 bits per heavy atom. The molecule has 104 valence electrons. The second-order valence-electron chi connectivity index (χ2n) is 5.01. The van der Waals surface area contributed by atoms with Crippen LogP contribution in [0.25, 0.3) is 0 Å². The Morgan fingerprint density at radius 2 is 2.16 bits per heavy atom. The van der Waals surface area contributed by atoms with Gasteiger partial charge in [0.15, 0.2) is 0 Å². The van der Waals surface area contributed by atoms with Crippen molar-refractivity contribution in [1.82, 2.24) is 10.2 Å². The van der Waals surface area contributed by atoms with Crippen LogP contribution < -0.4 is 5.32 Å². The number of rotatable bonds is 4. The summed E-state index contributed by atoms with van der Waals surface area (Å²) < 4.78 is 14.3. The van der Waals surface area contributed by atoms with E-state index < -0.39 is 5.82 Å². The molecular weight excluding hydrogens is 311 g/mol. The van der Waals surface area contributed by atoms with Gasteiger partial charge < -0.3 is 10.2 Å². The van der Waals surface area contributed by atoms with E-state index in [0.29, 0.717) is 4.47 Å². The molecule has 0 saturated carbocycles. The molecule has 1 aromatic rings. The SMILES string of the molecule is CC(CN1CCCC1)NC(=O)c1ccc(Br)cc1F. The van der Waals surface area contributed by atoms with Gasteiger partial charge in [0.1, 0.15) is 5.82 Å². The molecule has 19 heavy (non-hydrogen) atoms. The average molecular weight is 329 g/mol. The van der Waals surface area contributed by atoms with Gasteiger partial charge in [0.2, 0.25) is 0 Å². The standard InChI is InChI=1S/C14H18BrFN2O/c1-10(9-18-6-2-3-7-18)17-14(19)12-5-4-11(15)8-13(12)16/h4-5,8,10H,2-3,6-7,9H2,1H3,(H,17,19). The van der Waals surface area contributed by atoms with E-state index in [9.17, 15) is 9.18 Å². The largest absolute Gasteiger partial charge is 0.348 e. The first kappa shape index (κ1) is 14.5. The zero-order chi connectivity index (χ0) is 13.8. The minimum absolute atomic E-state index is 0.0219. The average Bonchev–Trinajstić information content (AvgIpc) is 2.81. The third-order valence-electron chi connectivity index (χ3n) is 3.28. The van der Waals surface area contributed by atoms with E-state index >= 15 is 0 Å². The molecule has 0 aliphatic carbocycles. The van der Waals surface area contributed by atoms with E-state index in [1.807, 2.05) is 6.92 Å². The molecule has 1 unspecified atom stereocenters. The summed E-state index contributed by atoms with van der Waals surface area (Å²) in [5, 5.41) is 2.85. The Hall–Kier alpha value is -0.940. The molecule has 1 aromatic carbocycles. The summed E-state index contributed by atoms with van der Waals surface area (Å²) in [6.07, 6.45) is 2.45. The molecule has 1 aliphatic rings. The predicted octanol–water partition coefficient (Wildman–Crippen LogP) is 2.80. The second-order valence-corrected chi connectivity index (χ2v) is 5.92. The first-order chi connectivity index (χ1) is 9.06. The van der Waals surface area contributed by atoms with Gasteiger partial charge in [-0.05, 0) is 51.1 Å². The molecule has 0 radical (unpaired) electrons. The summed E-state index contributed by atoms with van der Waals surface area (Å²) in [6, 6.07) is 4.49. The zero-order valence-corrected chi connectivity index (χ0v) is 12.5. The highest BCUT2D eigenvalue weighted by molar-refractivity contribution is 9.10. The van der Waals surface area contributed by atoms with Crippen molar-refractivity contribution in [3.63, 3.8) is 0 Å². The van der Waals surface area contributed by atoms with Crippen LogP contribution in [0.1, 0.15) is 30.1 Å². The summed E-state index contributed by atoms with van der Waals surface area (Å²) in [5.74, 6) is -0.850. The summed E-state index contributed by atoms with van der Waals surface area (Å²) in [5.41, 5.74) is 0.0940. The van der Waals surface area contributed by atoms with Crippen molar-refractivity contribution in [3.05, 3.63) is 34.1 Å². The van der Waals surface area contributed by atoms with Gasteiger partial charge >= 0.3 is 0 Å². The number of nitrogens with one attached hydrogen (secondary N) is 1. The highest BCUT2D eigenvalue weighted by Gasteiger charge is 2.18. The van der Waals surface area contributed by atoms with Gasteiger partial charge in [-0.3, -0.25) is 4.79 Å². The van der Waals surface area contributed by atoms with Gasteiger partial charge in [-0.2, -0.15) is 0 Å². The molecule has 3 nitrogen and oxygen atoms in total. The van der Waals surface area contributed by atoms with E-state index in [0.717, 1.165) is 19.6 Å². The van der Waals surface area contributed by atoms with Crippen molar-refractivity contribution in [1.29, 1.82) is 0 Å². The molecule has 1 N–H and O–H groups in total. The number of nitrogens with zero attached hydrogens (tertiary/aromatic N) is 1. The fraction of sp³-hybridized carbons (Fsp3) is 0.500. The number of carbonyl (C=O) groups is 1. The van der Waals surface area contributed by atoms with Crippen molar-refractivity contribution in [2.75, 3.05) is 19.6 Å². The van der Waals surface area contributed by atoms with Crippen LogP contribution in [0.2, 0.25) is 0 Å². The lowest BCUT2D eigenvalue weighted by Gasteiger charge is -2.21. The van der Waals surface area contributed by atoms with Gasteiger partial charge in [0, 0.05) is 17.1 Å². The van der Waals surface area contributed by atoms with Crippen molar-refractivity contribution in [2.45, 2.75) is 25.8 Å². The van der Waals surface area contributed by atoms with Gasteiger partial charge in [-0.25, -0.2) is 4.39 Å². The third-order valence-corrected chi connectivity index (χ3v) is 3.78. The lowest BCUT2D eigenvalue weighted by atomic mass is 10.2. The quantitative estimate of drug-likeness (QED) is 0.921. The van der Waals surface area contributed by atoms with E-state index in [2.05, 4.69) is 26.1 Å². The topological polar surface area (TPSA) is 32.3 Å². The highest BCUT2D eigenvalue weighted by Crippen LogP contribution is 2.15. The smallest absolute Gasteiger partial charge is 0.254 e. The Kier molecular flexibility index (Phi) is 4.93. The van der Waals surface area contributed by atoms with Crippen LogP contribution in [0.5, 0.6) is 0 Å². The number of hydrogen-bond acceptors (Lipinski definition) is 2. The normalized spacial score (nSPS) is 17.4. The van der Waals surface area contributed by atoms with Crippen LogP contribution in [-0.4, -0.2) is 36.5 Å². The van der Waals surface area contributed by atoms with Gasteiger partial charge in [-0.1, -0.05) is 15.9 Å². The number of amides is 1. The van der Waals surface area contributed by atoms with E-state index in [1.165, 1.54) is 25.0 Å². The molecule has 0 spiro atoms. The summed E-state index contributed by atoms with van der Waals surface area (Å²) in [7, 11) is 0. The number of halogens is 2. The van der Waals surface area contributed by atoms with Crippen molar-refractivity contribution in [2.24, 2.45) is 0 Å². The number of carbonyl (C=O) groups excluding carboxylic acids is 1. The maximum atomic E-state index is 13.7. The van der Waals surface area contributed by atoms with Crippen LogP contribution in [0.3, 0.4) is 0 Å². The second kappa shape index (κ2) is 6.48. The number of hydrogen-bond donors (Lipinski definition) is 1. The molecule has 0 bridgehead atoms. The molecule has 5 heteroatoms. The van der Waals surface area contributed by atoms with Gasteiger partial charge in [-0.15, -0.1) is 0 Å². The molecule has 0 aromatic heterocycles. The molecule has 1 atom stereocenters. The molecule has 1 aliphatic heterocycles. The minimum atomic E-state index is -0.500. The summed E-state index contributed by atoms with van der Waals surface area (Å²) >= 11 is 3.18. The van der Waals surface area contributed by atoms with Crippen molar-refractivity contribution >= 4 is 21.8 Å². The summed E-state index contributed by atoms with van der Waals surface area (Å²) in [4.78, 5) is 14.3. The van der Waals surface area contributed by atoms with Crippen LogP contribution in [0.4, 0.5) is 4.39 Å². The Morgan fingerprint density at radius 1 is 1.47 bits per heavy atom. The first-order valence-electron chi connectivity index (χ1n) is 6.54. The minimum Gasteiger partial charge on any atom is -0.348 e. The maximum Gasteiger partial charge on any atom is 0.254 e. The van der Waals surface area contributed by atoms with Crippen molar-refractivity contribution < 1.29 is 9.18 Å². The van der Waals surface area contributed by atoms with Gasteiger partial charge in [0.25, 0.3) is 5.91 Å². The predicted molar refractivity (Wildman–Crippen MR) is 76.7 cm³/mol. The highest BCUT2D eigenvalue weighted by atomic mass is 79.9.